The Kier molecular flexibility index (Phi) is 5.28. The molecule has 0 fully saturated rings. The highest BCUT2D eigenvalue weighted by molar-refractivity contribution is 7.80. The smallest absolute Gasteiger partial charge is 0.331 e. The van der Waals surface area contributed by atoms with Crippen LogP contribution in [-0.4, -0.2) is 25.0 Å². The van der Waals surface area contributed by atoms with Crippen LogP contribution in [0.15, 0.2) is 12.2 Å². The number of rotatable bonds is 3. The minimum atomic E-state index is -0.620. The summed E-state index contributed by atoms with van der Waals surface area (Å²) in [6, 6.07) is 0. The van der Waals surface area contributed by atoms with Gasteiger partial charge < -0.3 is 9.47 Å². The van der Waals surface area contributed by atoms with E-state index in [-0.39, 0.29) is 5.94 Å². The molecular formula is C6H8O4S. The van der Waals surface area contributed by atoms with Crippen LogP contribution < -0.4 is 0 Å². The van der Waals surface area contributed by atoms with Gasteiger partial charge in [0.1, 0.15) is 5.94 Å². The highest BCUT2D eigenvalue weighted by Gasteiger charge is 1.96. The summed E-state index contributed by atoms with van der Waals surface area (Å²) in [4.78, 5) is 20.9. The summed E-state index contributed by atoms with van der Waals surface area (Å²) in [5, 5.41) is 0. The monoisotopic (exact) mass is 176 g/mol. The standard InChI is InChI=1S/C6H8O4S/c1-9-5(7)2-3-6(8)10-4-11/h2-3,11H,4H2,1H3. The van der Waals surface area contributed by atoms with Crippen LogP contribution in [0.4, 0.5) is 0 Å². The molecule has 0 amide bonds. The van der Waals surface area contributed by atoms with Crippen LogP contribution >= 0.6 is 12.6 Å². The molecule has 0 unspecified atom stereocenters. The highest BCUT2D eigenvalue weighted by atomic mass is 32.1. The normalized spacial score (nSPS) is 9.64. The number of methoxy groups -OCH3 is 1. The quantitative estimate of drug-likeness (QED) is 0.288. The first-order valence-corrected chi connectivity index (χ1v) is 3.37. The molecule has 0 heterocycles. The Hall–Kier alpha value is -0.970. The fraction of sp³-hybridized carbons (Fsp3) is 0.333. The van der Waals surface area contributed by atoms with E-state index >= 15 is 0 Å². The number of hydrogen-bond acceptors (Lipinski definition) is 5. The topological polar surface area (TPSA) is 52.6 Å². The van der Waals surface area contributed by atoms with Crippen molar-refractivity contribution < 1.29 is 19.1 Å². The maximum Gasteiger partial charge on any atom is 0.331 e. The molecule has 5 heteroatoms. The Balaban J connectivity index is 3.73. The highest BCUT2D eigenvalue weighted by Crippen LogP contribution is 1.84. The van der Waals surface area contributed by atoms with Crippen LogP contribution in [0.25, 0.3) is 0 Å². The minimum absolute atomic E-state index is 0.00958. The Bertz CT molecular complexity index is 175. The second kappa shape index (κ2) is 5.79. The molecule has 0 aromatic rings. The van der Waals surface area contributed by atoms with Crippen LogP contribution in [0.2, 0.25) is 0 Å². The van der Waals surface area contributed by atoms with Gasteiger partial charge >= 0.3 is 11.9 Å². The van der Waals surface area contributed by atoms with E-state index in [0.29, 0.717) is 0 Å². The number of ether oxygens (including phenoxy) is 2. The van der Waals surface area contributed by atoms with Gasteiger partial charge in [0, 0.05) is 12.2 Å². The van der Waals surface area contributed by atoms with Crippen molar-refractivity contribution in [3.63, 3.8) is 0 Å². The van der Waals surface area contributed by atoms with Crippen molar-refractivity contribution >= 4 is 24.6 Å². The van der Waals surface area contributed by atoms with Gasteiger partial charge in [0.15, 0.2) is 0 Å². The lowest BCUT2D eigenvalue weighted by Crippen LogP contribution is -2.01. The summed E-state index contributed by atoms with van der Waals surface area (Å²) in [5.41, 5.74) is 0. The van der Waals surface area contributed by atoms with E-state index in [4.69, 9.17) is 0 Å². The van der Waals surface area contributed by atoms with E-state index in [1.54, 1.807) is 0 Å². The third-order valence-corrected chi connectivity index (χ3v) is 0.893. The lowest BCUT2D eigenvalue weighted by molar-refractivity contribution is -0.137. The Morgan fingerprint density at radius 1 is 1.36 bits per heavy atom. The van der Waals surface area contributed by atoms with Crippen molar-refractivity contribution in [3.05, 3.63) is 12.2 Å². The zero-order valence-electron chi connectivity index (χ0n) is 5.94. The van der Waals surface area contributed by atoms with Gasteiger partial charge in [-0.2, -0.15) is 0 Å². The number of carbonyl (C=O) groups excluding carboxylic acids is 2. The summed E-state index contributed by atoms with van der Waals surface area (Å²) in [6.07, 6.45) is 1.95. The van der Waals surface area contributed by atoms with Crippen molar-refractivity contribution in [2.75, 3.05) is 13.0 Å². The van der Waals surface area contributed by atoms with Gasteiger partial charge in [0.2, 0.25) is 0 Å². The molecule has 0 rings (SSSR count). The fourth-order valence-corrected chi connectivity index (χ4v) is 0.443. The largest absolute Gasteiger partial charge is 0.466 e. The molecule has 0 N–H and O–H groups in total. The molecule has 0 bridgehead atoms. The van der Waals surface area contributed by atoms with Crippen molar-refractivity contribution in [3.8, 4) is 0 Å². The maximum absolute atomic E-state index is 10.5. The summed E-state index contributed by atoms with van der Waals surface area (Å²) >= 11 is 3.63. The second-order valence-corrected chi connectivity index (χ2v) is 1.71. The third-order valence-electron chi connectivity index (χ3n) is 0.763. The fourth-order valence-electron chi connectivity index (χ4n) is 0.316. The zero-order valence-corrected chi connectivity index (χ0v) is 6.84. The van der Waals surface area contributed by atoms with Gasteiger partial charge in [0.25, 0.3) is 0 Å². The van der Waals surface area contributed by atoms with E-state index in [1.807, 2.05) is 0 Å². The molecular weight excluding hydrogens is 168 g/mol. The molecule has 0 aliphatic carbocycles. The van der Waals surface area contributed by atoms with E-state index in [2.05, 4.69) is 22.1 Å². The first-order chi connectivity index (χ1) is 5.20. The van der Waals surface area contributed by atoms with Gasteiger partial charge in [-0.25, -0.2) is 9.59 Å². The minimum Gasteiger partial charge on any atom is -0.466 e. The zero-order chi connectivity index (χ0) is 8.69. The Morgan fingerprint density at radius 3 is 2.36 bits per heavy atom. The number of esters is 2. The molecule has 62 valence electrons. The molecule has 4 nitrogen and oxygen atoms in total. The molecule has 0 aliphatic rings. The third kappa shape index (κ3) is 5.47. The average molecular weight is 176 g/mol. The second-order valence-electron chi connectivity index (χ2n) is 1.45. The molecule has 0 aromatic carbocycles. The van der Waals surface area contributed by atoms with Gasteiger partial charge in [-0.3, -0.25) is 0 Å². The van der Waals surface area contributed by atoms with Crippen LogP contribution in [0.5, 0.6) is 0 Å². The van der Waals surface area contributed by atoms with Crippen LogP contribution in [0.1, 0.15) is 0 Å². The summed E-state index contributed by atoms with van der Waals surface area (Å²) < 4.78 is 8.59. The van der Waals surface area contributed by atoms with Gasteiger partial charge in [-0.1, -0.05) is 0 Å². The van der Waals surface area contributed by atoms with E-state index in [1.165, 1.54) is 7.11 Å². The molecule has 11 heavy (non-hydrogen) atoms. The lowest BCUT2D eigenvalue weighted by Gasteiger charge is -1.93. The van der Waals surface area contributed by atoms with Crippen LogP contribution in [0, 0.1) is 0 Å². The molecule has 0 atom stereocenters. The van der Waals surface area contributed by atoms with E-state index in [9.17, 15) is 9.59 Å². The van der Waals surface area contributed by atoms with Crippen molar-refractivity contribution in [1.29, 1.82) is 0 Å². The molecule has 0 saturated carbocycles. The first-order valence-electron chi connectivity index (χ1n) is 2.74. The maximum atomic E-state index is 10.5. The number of carbonyl (C=O) groups is 2. The van der Waals surface area contributed by atoms with Gasteiger partial charge in [-0.05, 0) is 0 Å². The predicted molar refractivity (Wildman–Crippen MR) is 41.1 cm³/mol. The Morgan fingerprint density at radius 2 is 1.91 bits per heavy atom. The molecule has 0 aromatic heterocycles. The van der Waals surface area contributed by atoms with Crippen LogP contribution in [0.3, 0.4) is 0 Å². The van der Waals surface area contributed by atoms with Gasteiger partial charge in [0.05, 0.1) is 7.11 Å². The summed E-state index contributed by atoms with van der Waals surface area (Å²) in [6.45, 7) is 0. The molecule has 0 aliphatic heterocycles. The lowest BCUT2D eigenvalue weighted by atomic mass is 10.5. The van der Waals surface area contributed by atoms with Crippen molar-refractivity contribution in [2.24, 2.45) is 0 Å². The van der Waals surface area contributed by atoms with Gasteiger partial charge in [-0.15, -0.1) is 12.6 Å². The SMILES string of the molecule is COC(=O)C=CC(=O)OCS. The molecule has 0 spiro atoms. The van der Waals surface area contributed by atoms with Crippen LogP contribution in [-0.2, 0) is 19.1 Å². The van der Waals surface area contributed by atoms with Crippen molar-refractivity contribution in [2.45, 2.75) is 0 Å². The van der Waals surface area contributed by atoms with E-state index < -0.39 is 11.9 Å². The van der Waals surface area contributed by atoms with Crippen molar-refractivity contribution in [1.82, 2.24) is 0 Å². The summed E-state index contributed by atoms with van der Waals surface area (Å²) in [7, 11) is 1.22. The number of hydrogen-bond donors (Lipinski definition) is 1. The Labute approximate surface area is 69.6 Å². The summed E-state index contributed by atoms with van der Waals surface area (Å²) in [5.74, 6) is -1.23. The predicted octanol–water partition coefficient (Wildman–Crippen LogP) is 0.146. The molecule has 0 radical (unpaired) electrons. The van der Waals surface area contributed by atoms with E-state index in [0.717, 1.165) is 12.2 Å². The molecule has 0 saturated heterocycles. The number of thiol groups is 1. The first kappa shape index (κ1) is 10.0. The average Bonchev–Trinajstić information content (AvgIpc) is 2.01.